The molecule has 1 unspecified atom stereocenters. The fourth-order valence-electron chi connectivity index (χ4n) is 7.16. The zero-order valence-electron chi connectivity index (χ0n) is 39.7. The molecule has 350 valence electrons. The molecule has 9 heteroatoms. The molecule has 0 heterocycles. The Labute approximate surface area is 366 Å². The van der Waals surface area contributed by atoms with Crippen LogP contribution in [0.1, 0.15) is 239 Å². The minimum atomic E-state index is -4.54. The van der Waals surface area contributed by atoms with E-state index in [4.69, 9.17) is 18.5 Å². The number of rotatable bonds is 47. The van der Waals surface area contributed by atoms with E-state index in [2.05, 4.69) is 26.0 Å². The second-order valence-electron chi connectivity index (χ2n) is 18.2. The molecule has 0 aromatic heterocycles. The number of ether oxygens (including phenoxy) is 2. The van der Waals surface area contributed by atoms with Crippen molar-refractivity contribution >= 4 is 13.8 Å². The normalized spacial score (nSPS) is 13.7. The Kier molecular flexibility index (Phi) is 42.6. The lowest BCUT2D eigenvalue weighted by Crippen LogP contribution is -2.37. The fraction of sp³-hybridized carbons (Fsp3) is 0.900. The van der Waals surface area contributed by atoms with Crippen LogP contribution in [0.4, 0.5) is 0 Å². The quantitative estimate of drug-likeness (QED) is 0.0150. The summed E-state index contributed by atoms with van der Waals surface area (Å²) in [5, 5.41) is 0. The van der Waals surface area contributed by atoms with Crippen LogP contribution in [0.5, 0.6) is 0 Å². The van der Waals surface area contributed by atoms with E-state index in [-0.39, 0.29) is 25.8 Å². The van der Waals surface area contributed by atoms with Gasteiger partial charge in [0.05, 0.1) is 34.0 Å². The zero-order chi connectivity index (χ0) is 43.4. The summed E-state index contributed by atoms with van der Waals surface area (Å²) < 4.78 is 34.5. The van der Waals surface area contributed by atoms with Crippen LogP contribution in [-0.4, -0.2) is 64.1 Å². The van der Waals surface area contributed by atoms with Gasteiger partial charge < -0.3 is 27.9 Å². The molecule has 0 aliphatic rings. The number of esters is 1. The average Bonchev–Trinajstić information content (AvgIpc) is 3.19. The molecule has 0 aliphatic heterocycles. The van der Waals surface area contributed by atoms with Crippen LogP contribution in [0, 0.1) is 0 Å². The number of phosphoric ester groups is 1. The second-order valence-corrected chi connectivity index (χ2v) is 19.7. The maximum Gasteiger partial charge on any atom is 0.306 e. The van der Waals surface area contributed by atoms with E-state index in [9.17, 15) is 14.3 Å². The van der Waals surface area contributed by atoms with E-state index < -0.39 is 13.9 Å². The van der Waals surface area contributed by atoms with Gasteiger partial charge in [-0.2, -0.15) is 0 Å². The summed E-state index contributed by atoms with van der Waals surface area (Å²) in [5.41, 5.74) is 0. The average molecular weight is 856 g/mol. The first-order valence-corrected chi connectivity index (χ1v) is 26.6. The van der Waals surface area contributed by atoms with Gasteiger partial charge in [0.25, 0.3) is 7.82 Å². The SMILES string of the molecule is CCCCCCCC/C=C\CCCCCCCCCCCCCC(=O)O[C@H](CO/C=C\CCCCCCCCCCCCCCCC)COP(=O)([O-])OCC[N+](C)(C)C. The van der Waals surface area contributed by atoms with Crippen molar-refractivity contribution in [3.63, 3.8) is 0 Å². The van der Waals surface area contributed by atoms with Crippen LogP contribution in [0.3, 0.4) is 0 Å². The van der Waals surface area contributed by atoms with Gasteiger partial charge in [0.1, 0.15) is 19.8 Å². The monoisotopic (exact) mass is 856 g/mol. The van der Waals surface area contributed by atoms with Gasteiger partial charge in [-0.25, -0.2) is 0 Å². The van der Waals surface area contributed by atoms with Gasteiger partial charge in [-0.3, -0.25) is 9.36 Å². The molecule has 0 N–H and O–H groups in total. The number of hydrogen-bond donors (Lipinski definition) is 0. The topological polar surface area (TPSA) is 94.1 Å². The molecule has 0 aliphatic carbocycles. The van der Waals surface area contributed by atoms with E-state index in [1.807, 2.05) is 27.2 Å². The lowest BCUT2D eigenvalue weighted by atomic mass is 10.0. The van der Waals surface area contributed by atoms with E-state index in [1.165, 1.54) is 186 Å². The van der Waals surface area contributed by atoms with Crippen LogP contribution in [0.25, 0.3) is 0 Å². The molecule has 0 rings (SSSR count). The van der Waals surface area contributed by atoms with Gasteiger partial charge in [0.2, 0.25) is 0 Å². The highest BCUT2D eigenvalue weighted by Crippen LogP contribution is 2.38. The summed E-state index contributed by atoms with van der Waals surface area (Å²) in [4.78, 5) is 25.1. The van der Waals surface area contributed by atoms with Crippen LogP contribution >= 0.6 is 7.82 Å². The van der Waals surface area contributed by atoms with Gasteiger partial charge >= 0.3 is 5.97 Å². The number of likely N-dealkylation sites (N-methyl/N-ethyl adjacent to an activating group) is 1. The van der Waals surface area contributed by atoms with Crippen molar-refractivity contribution in [1.82, 2.24) is 0 Å². The summed E-state index contributed by atoms with van der Waals surface area (Å²) in [7, 11) is 1.33. The Balaban J connectivity index is 4.16. The first-order valence-electron chi connectivity index (χ1n) is 25.1. The molecule has 0 aromatic rings. The number of phosphoric acid groups is 1. The van der Waals surface area contributed by atoms with Crippen molar-refractivity contribution < 1.29 is 37.3 Å². The van der Waals surface area contributed by atoms with Crippen molar-refractivity contribution in [3.8, 4) is 0 Å². The van der Waals surface area contributed by atoms with Gasteiger partial charge in [-0.15, -0.1) is 0 Å². The minimum absolute atomic E-state index is 0.0186. The number of quaternary nitrogens is 1. The third-order valence-electron chi connectivity index (χ3n) is 11.1. The number of unbranched alkanes of at least 4 members (excludes halogenated alkanes) is 31. The van der Waals surface area contributed by atoms with E-state index in [1.54, 1.807) is 6.26 Å². The lowest BCUT2D eigenvalue weighted by Gasteiger charge is -2.28. The summed E-state index contributed by atoms with van der Waals surface area (Å²) >= 11 is 0. The molecular formula is C50H98NO7P. The number of hydrogen-bond acceptors (Lipinski definition) is 7. The van der Waals surface area contributed by atoms with E-state index >= 15 is 0 Å². The molecule has 0 amide bonds. The van der Waals surface area contributed by atoms with Crippen LogP contribution in [-0.2, 0) is 27.9 Å². The molecule has 0 spiro atoms. The Morgan fingerprint density at radius 3 is 1.31 bits per heavy atom. The summed E-state index contributed by atoms with van der Waals surface area (Å²) in [6.45, 7) is 4.77. The maximum absolute atomic E-state index is 12.7. The molecule has 0 bridgehead atoms. The third-order valence-corrected chi connectivity index (χ3v) is 12.0. The highest BCUT2D eigenvalue weighted by Gasteiger charge is 2.20. The molecule has 59 heavy (non-hydrogen) atoms. The molecule has 0 fully saturated rings. The van der Waals surface area contributed by atoms with Crippen LogP contribution in [0.2, 0.25) is 0 Å². The maximum atomic E-state index is 12.7. The highest BCUT2D eigenvalue weighted by molar-refractivity contribution is 7.45. The van der Waals surface area contributed by atoms with Gasteiger partial charge in [0.15, 0.2) is 6.10 Å². The first-order chi connectivity index (χ1) is 28.6. The standard InChI is InChI=1S/C50H98NO7P/c1-6-8-10-12-14-16-18-20-22-24-25-26-27-28-29-31-33-35-37-39-41-43-50(52)58-49(48-57-59(53,54)56-46-44-51(3,4)5)47-55-45-42-40-38-36-34-32-30-23-21-19-17-15-13-11-9-7-2/h20,22,42,45,49H,6-19,21,23-41,43-44,46-48H2,1-5H3/b22-20-,45-42-/t49-/m1/s1. The Morgan fingerprint density at radius 2 is 0.898 bits per heavy atom. The molecular weight excluding hydrogens is 758 g/mol. The van der Waals surface area contributed by atoms with Crippen LogP contribution in [0.15, 0.2) is 24.5 Å². The Bertz CT molecular complexity index is 998. The summed E-state index contributed by atoms with van der Waals surface area (Å²) in [6.07, 6.45) is 51.5. The fourth-order valence-corrected chi connectivity index (χ4v) is 7.88. The van der Waals surface area contributed by atoms with Gasteiger partial charge in [-0.05, 0) is 51.0 Å². The first kappa shape index (κ1) is 57.8. The van der Waals surface area contributed by atoms with Gasteiger partial charge in [-0.1, -0.05) is 199 Å². The largest absolute Gasteiger partial charge is 0.756 e. The predicted molar refractivity (Wildman–Crippen MR) is 249 cm³/mol. The summed E-state index contributed by atoms with van der Waals surface area (Å²) in [5.74, 6) is -0.353. The van der Waals surface area contributed by atoms with Crippen molar-refractivity contribution in [2.45, 2.75) is 245 Å². The smallest absolute Gasteiger partial charge is 0.306 e. The minimum Gasteiger partial charge on any atom is -0.756 e. The second kappa shape index (κ2) is 43.5. The van der Waals surface area contributed by atoms with Crippen LogP contribution < -0.4 is 4.89 Å². The number of allylic oxidation sites excluding steroid dienone is 3. The lowest BCUT2D eigenvalue weighted by molar-refractivity contribution is -0.870. The van der Waals surface area contributed by atoms with Gasteiger partial charge in [0, 0.05) is 6.42 Å². The molecule has 8 nitrogen and oxygen atoms in total. The van der Waals surface area contributed by atoms with Crippen molar-refractivity contribution in [1.29, 1.82) is 0 Å². The molecule has 0 aromatic carbocycles. The molecule has 0 radical (unpaired) electrons. The number of nitrogens with zero attached hydrogens (tertiary/aromatic N) is 1. The highest BCUT2D eigenvalue weighted by atomic mass is 31.2. The Morgan fingerprint density at radius 1 is 0.525 bits per heavy atom. The van der Waals surface area contributed by atoms with E-state index in [0.29, 0.717) is 17.4 Å². The van der Waals surface area contributed by atoms with Crippen molar-refractivity contribution in [3.05, 3.63) is 24.5 Å². The molecule has 0 saturated heterocycles. The molecule has 0 saturated carbocycles. The Hall–Kier alpha value is -1.18. The number of carbonyl (C=O) groups is 1. The summed E-state index contributed by atoms with van der Waals surface area (Å²) in [6, 6.07) is 0. The van der Waals surface area contributed by atoms with Crippen molar-refractivity contribution in [2.24, 2.45) is 0 Å². The molecule has 2 atom stereocenters. The third kappa shape index (κ3) is 47.7. The number of carbonyl (C=O) groups excluding carboxylic acids is 1. The zero-order valence-corrected chi connectivity index (χ0v) is 40.6. The van der Waals surface area contributed by atoms with Crippen molar-refractivity contribution in [2.75, 3.05) is 47.5 Å². The predicted octanol–water partition coefficient (Wildman–Crippen LogP) is 14.9. The van der Waals surface area contributed by atoms with E-state index in [0.717, 1.165) is 32.1 Å².